The zero-order valence-electron chi connectivity index (χ0n) is 21.7. The van der Waals surface area contributed by atoms with Gasteiger partial charge in [0.1, 0.15) is 30.0 Å². The van der Waals surface area contributed by atoms with E-state index in [0.29, 0.717) is 18.8 Å². The second-order valence-corrected chi connectivity index (χ2v) is 10.4. The second-order valence-electron chi connectivity index (χ2n) is 10.4. The largest absolute Gasteiger partial charge is 0.508 e. The molecule has 2 heterocycles. The van der Waals surface area contributed by atoms with E-state index >= 15 is 0 Å². The van der Waals surface area contributed by atoms with E-state index in [1.165, 1.54) is 27.8 Å². The van der Waals surface area contributed by atoms with Crippen molar-refractivity contribution < 1.29 is 19.0 Å². The van der Waals surface area contributed by atoms with E-state index in [2.05, 4.69) is 58.7 Å². The van der Waals surface area contributed by atoms with Gasteiger partial charge in [0.25, 0.3) is 0 Å². The fourth-order valence-corrected chi connectivity index (χ4v) is 5.99. The number of alkyl halides is 1. The van der Waals surface area contributed by atoms with Gasteiger partial charge < -0.3 is 19.9 Å². The summed E-state index contributed by atoms with van der Waals surface area (Å²) in [5.41, 5.74) is 8.23. The molecule has 5 nitrogen and oxygen atoms in total. The molecule has 6 heteroatoms. The maximum Gasteiger partial charge on any atom is 0.142 e. The predicted molar refractivity (Wildman–Crippen MR) is 150 cm³/mol. The molecular formula is C32H35FN2O3. The van der Waals surface area contributed by atoms with Gasteiger partial charge in [-0.25, -0.2) is 0 Å². The smallest absolute Gasteiger partial charge is 0.142 e. The molecule has 0 bridgehead atoms. The Labute approximate surface area is 223 Å². The third kappa shape index (κ3) is 5.23. The first-order valence-corrected chi connectivity index (χ1v) is 13.8. The Morgan fingerprint density at radius 1 is 1.03 bits per heavy atom. The summed E-state index contributed by atoms with van der Waals surface area (Å²) in [4.78, 5) is 2.28. The molecule has 3 aliphatic rings. The highest BCUT2D eigenvalue weighted by Gasteiger charge is 2.25. The number of anilines is 1. The number of halogens is 1. The van der Waals surface area contributed by atoms with Crippen molar-refractivity contribution in [3.05, 3.63) is 82.9 Å². The molecule has 0 amide bonds. The number of nitrogens with one attached hydrogen (secondary N) is 1. The lowest BCUT2D eigenvalue weighted by atomic mass is 9.87. The number of allylic oxidation sites excluding steroid dienone is 1. The fourth-order valence-electron chi connectivity index (χ4n) is 5.99. The van der Waals surface area contributed by atoms with Crippen LogP contribution in [-0.4, -0.2) is 55.6 Å². The molecule has 0 unspecified atom stereocenters. The normalized spacial score (nSPS) is 19.2. The average molecular weight is 515 g/mol. The average Bonchev–Trinajstić information content (AvgIpc) is 3.30. The van der Waals surface area contributed by atoms with E-state index in [0.717, 1.165) is 74.6 Å². The van der Waals surface area contributed by atoms with Crippen LogP contribution in [0.25, 0.3) is 11.1 Å². The van der Waals surface area contributed by atoms with Gasteiger partial charge in [-0.1, -0.05) is 24.3 Å². The van der Waals surface area contributed by atoms with Gasteiger partial charge in [-0.3, -0.25) is 9.29 Å². The van der Waals surface area contributed by atoms with Crippen molar-refractivity contribution in [1.82, 2.24) is 4.90 Å². The van der Waals surface area contributed by atoms with Gasteiger partial charge in [0.2, 0.25) is 0 Å². The van der Waals surface area contributed by atoms with Gasteiger partial charge in [-0.15, -0.1) is 0 Å². The molecule has 1 saturated heterocycles. The first kappa shape index (κ1) is 24.8. The summed E-state index contributed by atoms with van der Waals surface area (Å²) in [7, 11) is 0. The van der Waals surface area contributed by atoms with Crippen molar-refractivity contribution in [2.75, 3.05) is 44.8 Å². The Balaban J connectivity index is 1.34. The molecule has 2 aliphatic heterocycles. The molecule has 0 radical (unpaired) electrons. The third-order valence-corrected chi connectivity index (χ3v) is 7.82. The molecule has 1 aliphatic carbocycles. The van der Waals surface area contributed by atoms with Crippen molar-refractivity contribution >= 4 is 16.8 Å². The Kier molecular flexibility index (Phi) is 7.23. The Morgan fingerprint density at radius 2 is 1.89 bits per heavy atom. The lowest BCUT2D eigenvalue weighted by Gasteiger charge is -2.22. The minimum Gasteiger partial charge on any atom is -0.508 e. The van der Waals surface area contributed by atoms with Crippen molar-refractivity contribution in [3.8, 4) is 17.2 Å². The number of hydrogen-bond acceptors (Lipinski definition) is 5. The quantitative estimate of drug-likeness (QED) is 0.387. The zero-order valence-corrected chi connectivity index (χ0v) is 21.7. The molecule has 3 aromatic rings. The number of fused-ring (bicyclic) bond motifs is 2. The molecule has 6 rings (SSSR count). The van der Waals surface area contributed by atoms with Crippen LogP contribution in [0, 0.1) is 0 Å². The van der Waals surface area contributed by atoms with Crippen LogP contribution in [0.2, 0.25) is 0 Å². The Morgan fingerprint density at radius 3 is 2.76 bits per heavy atom. The van der Waals surface area contributed by atoms with Gasteiger partial charge in [0, 0.05) is 26.2 Å². The lowest BCUT2D eigenvalue weighted by Crippen LogP contribution is -2.26. The van der Waals surface area contributed by atoms with Crippen LogP contribution in [0.5, 0.6) is 17.2 Å². The van der Waals surface area contributed by atoms with Crippen molar-refractivity contribution in [3.63, 3.8) is 0 Å². The van der Waals surface area contributed by atoms with Crippen LogP contribution in [0.15, 0.2) is 60.7 Å². The van der Waals surface area contributed by atoms with Crippen LogP contribution in [0.4, 0.5) is 10.1 Å². The number of hydrogen-bond donors (Lipinski definition) is 2. The van der Waals surface area contributed by atoms with Crippen LogP contribution in [-0.2, 0) is 6.42 Å². The van der Waals surface area contributed by atoms with Gasteiger partial charge in [-0.2, -0.15) is 0 Å². The molecule has 1 fully saturated rings. The van der Waals surface area contributed by atoms with E-state index in [-0.39, 0.29) is 12.8 Å². The first-order chi connectivity index (χ1) is 18.7. The maximum atomic E-state index is 12.5. The molecule has 0 spiro atoms. The summed E-state index contributed by atoms with van der Waals surface area (Å²) in [5, 5.41) is 13.7. The van der Waals surface area contributed by atoms with Gasteiger partial charge >= 0.3 is 0 Å². The fraction of sp³-hybridized carbons (Fsp3) is 0.375. The number of rotatable bonds is 7. The summed E-state index contributed by atoms with van der Waals surface area (Å²) in [6.45, 7) is 3.83. The standard InChI is InChI=1S/C32H35FN2O3/c33-14-2-16-35-17-13-27(21-35)38-26-9-5-22(6-10-26)32-28(4-1-3-23-19-25(36)8-11-29(23)32)24-7-12-31-30(20-24)34-15-18-37-31/h5-12,19-20,27,34,36H,1-4,13-18,21H2/t27-/m0/s1. The van der Waals surface area contributed by atoms with E-state index in [1.807, 2.05) is 6.07 Å². The number of benzene rings is 3. The summed E-state index contributed by atoms with van der Waals surface area (Å²) >= 11 is 0. The molecular weight excluding hydrogens is 479 g/mol. The van der Waals surface area contributed by atoms with E-state index in [1.54, 1.807) is 6.07 Å². The van der Waals surface area contributed by atoms with Crippen molar-refractivity contribution in [2.45, 2.75) is 38.2 Å². The first-order valence-electron chi connectivity index (χ1n) is 13.8. The zero-order chi connectivity index (χ0) is 25.9. The maximum absolute atomic E-state index is 12.5. The van der Waals surface area contributed by atoms with Crippen LogP contribution < -0.4 is 14.8 Å². The van der Waals surface area contributed by atoms with Crippen molar-refractivity contribution in [1.29, 1.82) is 0 Å². The lowest BCUT2D eigenvalue weighted by molar-refractivity contribution is 0.198. The number of ether oxygens (including phenoxy) is 2. The van der Waals surface area contributed by atoms with Gasteiger partial charge in [-0.05, 0) is 102 Å². The molecule has 0 saturated carbocycles. The van der Waals surface area contributed by atoms with Crippen molar-refractivity contribution in [2.24, 2.45) is 0 Å². The minimum absolute atomic E-state index is 0.141. The molecule has 1 atom stereocenters. The minimum atomic E-state index is -0.264. The Bertz CT molecular complexity index is 1320. The summed E-state index contributed by atoms with van der Waals surface area (Å²) in [6.07, 6.45) is 4.58. The highest BCUT2D eigenvalue weighted by atomic mass is 19.1. The topological polar surface area (TPSA) is 54.0 Å². The number of nitrogens with zero attached hydrogens (tertiary/aromatic N) is 1. The van der Waals surface area contributed by atoms with E-state index in [4.69, 9.17) is 9.47 Å². The van der Waals surface area contributed by atoms with Gasteiger partial charge in [0.15, 0.2) is 0 Å². The molecule has 0 aromatic heterocycles. The van der Waals surface area contributed by atoms with Crippen LogP contribution in [0.3, 0.4) is 0 Å². The number of likely N-dealkylation sites (tertiary alicyclic amines) is 1. The van der Waals surface area contributed by atoms with Crippen LogP contribution in [0.1, 0.15) is 47.9 Å². The Hall–Kier alpha value is -3.51. The van der Waals surface area contributed by atoms with E-state index in [9.17, 15) is 9.50 Å². The highest BCUT2D eigenvalue weighted by molar-refractivity contribution is 6.00. The molecule has 198 valence electrons. The number of aryl methyl sites for hydroxylation is 1. The number of phenols is 1. The summed E-state index contributed by atoms with van der Waals surface area (Å²) in [6, 6.07) is 20.6. The predicted octanol–water partition coefficient (Wildman–Crippen LogP) is 6.30. The highest BCUT2D eigenvalue weighted by Crippen LogP contribution is 2.42. The van der Waals surface area contributed by atoms with E-state index < -0.39 is 0 Å². The molecule has 3 aromatic carbocycles. The number of phenolic OH excluding ortho intramolecular Hbond substituents is 1. The summed E-state index contributed by atoms with van der Waals surface area (Å²) in [5.74, 6) is 2.07. The van der Waals surface area contributed by atoms with Crippen LogP contribution >= 0.6 is 0 Å². The number of aromatic hydroxyl groups is 1. The third-order valence-electron chi connectivity index (χ3n) is 7.82. The molecule has 2 N–H and O–H groups in total. The van der Waals surface area contributed by atoms with Gasteiger partial charge in [0.05, 0.1) is 12.4 Å². The summed E-state index contributed by atoms with van der Waals surface area (Å²) < 4.78 is 24.7. The second kappa shape index (κ2) is 11.1. The molecule has 38 heavy (non-hydrogen) atoms. The SMILES string of the molecule is Oc1ccc2c(c1)CCCC(c1ccc3c(c1)NCCO3)=C2c1ccc(O[C@H]2CCN(CCCF)C2)cc1. The monoisotopic (exact) mass is 514 g/mol.